The van der Waals surface area contributed by atoms with Crippen molar-refractivity contribution in [2.45, 2.75) is 58.0 Å². The molecular weight excluding hydrogens is 264 g/mol. The van der Waals surface area contributed by atoms with Gasteiger partial charge < -0.3 is 15.4 Å². The third kappa shape index (κ3) is 4.38. The number of nitrogens with one attached hydrogen (secondary N) is 2. The molecule has 0 atom stereocenters. The molecule has 2 rings (SSSR count). The lowest BCUT2D eigenvalue weighted by Crippen LogP contribution is -2.40. The monoisotopic (exact) mass is 290 g/mol. The van der Waals surface area contributed by atoms with Gasteiger partial charge in [0, 0.05) is 12.6 Å². The maximum absolute atomic E-state index is 11.9. The summed E-state index contributed by atoms with van der Waals surface area (Å²) < 4.78 is 5.38. The fourth-order valence-corrected chi connectivity index (χ4v) is 2.83. The first-order chi connectivity index (χ1) is 10.1. The van der Waals surface area contributed by atoms with Crippen LogP contribution in [0.15, 0.2) is 18.2 Å². The Kier molecular flexibility index (Phi) is 5.48. The maximum Gasteiger partial charge on any atom is 0.315 e. The van der Waals surface area contributed by atoms with Crippen LogP contribution in [0.5, 0.6) is 5.75 Å². The number of methoxy groups -OCH3 is 1. The topological polar surface area (TPSA) is 50.4 Å². The molecule has 0 radical (unpaired) electrons. The largest absolute Gasteiger partial charge is 0.496 e. The molecule has 0 spiro atoms. The van der Waals surface area contributed by atoms with Gasteiger partial charge in [-0.2, -0.15) is 0 Å². The SMILES string of the molecule is COc1ccc(CNC(=O)NC2CCCC2)cc1C(C)C. The molecule has 0 aliphatic heterocycles. The molecule has 0 saturated heterocycles. The summed E-state index contributed by atoms with van der Waals surface area (Å²) in [6, 6.07) is 6.37. The van der Waals surface area contributed by atoms with Crippen molar-refractivity contribution in [3.8, 4) is 5.75 Å². The first kappa shape index (κ1) is 15.7. The zero-order valence-electron chi connectivity index (χ0n) is 13.2. The Balaban J connectivity index is 1.90. The molecule has 1 aliphatic carbocycles. The number of benzene rings is 1. The van der Waals surface area contributed by atoms with E-state index in [1.807, 2.05) is 12.1 Å². The second-order valence-corrected chi connectivity index (χ2v) is 6.04. The summed E-state index contributed by atoms with van der Waals surface area (Å²) in [4.78, 5) is 11.9. The Hall–Kier alpha value is -1.71. The fraction of sp³-hybridized carbons (Fsp3) is 0.588. The zero-order valence-corrected chi connectivity index (χ0v) is 13.2. The molecule has 2 amide bonds. The molecule has 1 aromatic rings. The van der Waals surface area contributed by atoms with Crippen molar-refractivity contribution >= 4 is 6.03 Å². The minimum atomic E-state index is -0.0659. The highest BCUT2D eigenvalue weighted by Crippen LogP contribution is 2.27. The molecule has 2 N–H and O–H groups in total. The van der Waals surface area contributed by atoms with E-state index in [1.165, 1.54) is 18.4 Å². The van der Waals surface area contributed by atoms with Crippen molar-refractivity contribution in [2.24, 2.45) is 0 Å². The van der Waals surface area contributed by atoms with E-state index in [0.717, 1.165) is 24.2 Å². The van der Waals surface area contributed by atoms with Crippen molar-refractivity contribution in [3.63, 3.8) is 0 Å². The first-order valence-electron chi connectivity index (χ1n) is 7.81. The van der Waals surface area contributed by atoms with Gasteiger partial charge in [-0.15, -0.1) is 0 Å². The zero-order chi connectivity index (χ0) is 15.2. The van der Waals surface area contributed by atoms with E-state index >= 15 is 0 Å². The predicted molar refractivity (Wildman–Crippen MR) is 84.7 cm³/mol. The van der Waals surface area contributed by atoms with Crippen molar-refractivity contribution in [1.82, 2.24) is 10.6 Å². The molecule has 21 heavy (non-hydrogen) atoms. The van der Waals surface area contributed by atoms with Crippen LogP contribution in [0, 0.1) is 0 Å². The molecule has 0 aromatic heterocycles. The van der Waals surface area contributed by atoms with Crippen LogP contribution < -0.4 is 15.4 Å². The predicted octanol–water partition coefficient (Wildman–Crippen LogP) is 3.56. The first-order valence-corrected chi connectivity index (χ1v) is 7.81. The van der Waals surface area contributed by atoms with Gasteiger partial charge in [-0.05, 0) is 36.0 Å². The van der Waals surface area contributed by atoms with Crippen molar-refractivity contribution in [1.29, 1.82) is 0 Å². The average Bonchev–Trinajstić information content (AvgIpc) is 2.97. The van der Waals surface area contributed by atoms with Gasteiger partial charge in [0.15, 0.2) is 0 Å². The second kappa shape index (κ2) is 7.34. The highest BCUT2D eigenvalue weighted by Gasteiger charge is 2.16. The van der Waals surface area contributed by atoms with Crippen LogP contribution in [0.3, 0.4) is 0 Å². The number of carbonyl (C=O) groups is 1. The van der Waals surface area contributed by atoms with Crippen LogP contribution in [-0.4, -0.2) is 19.2 Å². The lowest BCUT2D eigenvalue weighted by Gasteiger charge is -2.15. The normalized spacial score (nSPS) is 15.2. The smallest absolute Gasteiger partial charge is 0.315 e. The van der Waals surface area contributed by atoms with Gasteiger partial charge in [-0.1, -0.05) is 38.8 Å². The van der Waals surface area contributed by atoms with Crippen LogP contribution in [0.2, 0.25) is 0 Å². The lowest BCUT2D eigenvalue weighted by atomic mass is 9.99. The van der Waals surface area contributed by atoms with Crippen molar-refractivity contribution in [3.05, 3.63) is 29.3 Å². The molecule has 1 saturated carbocycles. The van der Waals surface area contributed by atoms with Crippen molar-refractivity contribution < 1.29 is 9.53 Å². The van der Waals surface area contributed by atoms with Gasteiger partial charge >= 0.3 is 6.03 Å². The van der Waals surface area contributed by atoms with E-state index in [1.54, 1.807) is 7.11 Å². The number of amides is 2. The third-order valence-corrected chi connectivity index (χ3v) is 4.06. The summed E-state index contributed by atoms with van der Waals surface area (Å²) in [6.07, 6.45) is 4.66. The van der Waals surface area contributed by atoms with E-state index in [-0.39, 0.29) is 6.03 Å². The van der Waals surface area contributed by atoms with Crippen LogP contribution in [0.25, 0.3) is 0 Å². The number of rotatable bonds is 5. The van der Waals surface area contributed by atoms with Crippen LogP contribution in [-0.2, 0) is 6.54 Å². The Morgan fingerprint density at radius 3 is 2.67 bits per heavy atom. The van der Waals surface area contributed by atoms with E-state index in [0.29, 0.717) is 18.5 Å². The Bertz CT molecular complexity index is 480. The highest BCUT2D eigenvalue weighted by atomic mass is 16.5. The fourth-order valence-electron chi connectivity index (χ4n) is 2.83. The summed E-state index contributed by atoms with van der Waals surface area (Å²) in [5, 5.41) is 5.97. The Morgan fingerprint density at radius 2 is 2.05 bits per heavy atom. The summed E-state index contributed by atoms with van der Waals surface area (Å²) in [5.74, 6) is 1.30. The number of ether oxygens (including phenoxy) is 1. The molecule has 4 nitrogen and oxygen atoms in total. The molecule has 0 bridgehead atoms. The molecule has 116 valence electrons. The Morgan fingerprint density at radius 1 is 1.33 bits per heavy atom. The minimum Gasteiger partial charge on any atom is -0.496 e. The quantitative estimate of drug-likeness (QED) is 0.871. The van der Waals surface area contributed by atoms with E-state index in [2.05, 4.69) is 30.5 Å². The molecule has 0 heterocycles. The molecule has 1 fully saturated rings. The van der Waals surface area contributed by atoms with Crippen LogP contribution in [0.1, 0.15) is 56.6 Å². The number of hydrogen-bond acceptors (Lipinski definition) is 2. The summed E-state index contributed by atoms with van der Waals surface area (Å²) in [5.41, 5.74) is 2.27. The molecule has 1 aliphatic rings. The molecule has 4 heteroatoms. The number of hydrogen-bond donors (Lipinski definition) is 2. The Labute approximate surface area is 127 Å². The maximum atomic E-state index is 11.9. The van der Waals surface area contributed by atoms with Gasteiger partial charge in [-0.25, -0.2) is 4.79 Å². The van der Waals surface area contributed by atoms with Gasteiger partial charge in [0.25, 0.3) is 0 Å². The van der Waals surface area contributed by atoms with Gasteiger partial charge in [0.2, 0.25) is 0 Å². The second-order valence-electron chi connectivity index (χ2n) is 6.04. The molecule has 1 aromatic carbocycles. The van der Waals surface area contributed by atoms with Gasteiger partial charge in [-0.3, -0.25) is 0 Å². The minimum absolute atomic E-state index is 0.0659. The number of urea groups is 1. The lowest BCUT2D eigenvalue weighted by molar-refractivity contribution is 0.236. The van der Waals surface area contributed by atoms with E-state index in [4.69, 9.17) is 4.74 Å². The van der Waals surface area contributed by atoms with E-state index in [9.17, 15) is 4.79 Å². The average molecular weight is 290 g/mol. The van der Waals surface area contributed by atoms with Gasteiger partial charge in [0.1, 0.15) is 5.75 Å². The summed E-state index contributed by atoms with van der Waals surface area (Å²) in [7, 11) is 1.69. The van der Waals surface area contributed by atoms with Gasteiger partial charge in [0.05, 0.1) is 7.11 Å². The van der Waals surface area contributed by atoms with Crippen LogP contribution in [0.4, 0.5) is 4.79 Å². The van der Waals surface area contributed by atoms with Crippen molar-refractivity contribution in [2.75, 3.05) is 7.11 Å². The van der Waals surface area contributed by atoms with E-state index < -0.39 is 0 Å². The summed E-state index contributed by atoms with van der Waals surface area (Å²) >= 11 is 0. The molecular formula is C17H26N2O2. The van der Waals surface area contributed by atoms with Crippen LogP contribution >= 0.6 is 0 Å². The number of carbonyl (C=O) groups excluding carboxylic acids is 1. The third-order valence-electron chi connectivity index (χ3n) is 4.06. The highest BCUT2D eigenvalue weighted by molar-refractivity contribution is 5.74. The standard InChI is InChI=1S/C17H26N2O2/c1-12(2)15-10-13(8-9-16(15)21-3)11-18-17(20)19-14-6-4-5-7-14/h8-10,12,14H,4-7,11H2,1-3H3,(H2,18,19,20). The molecule has 0 unspecified atom stereocenters. The summed E-state index contributed by atoms with van der Waals surface area (Å²) in [6.45, 7) is 4.83.